The lowest BCUT2D eigenvalue weighted by Crippen LogP contribution is -2.46. The number of carbonyl (C=O) groups excluding carboxylic acids is 1. The highest BCUT2D eigenvalue weighted by molar-refractivity contribution is 7.91. The summed E-state index contributed by atoms with van der Waals surface area (Å²) in [5.74, 6) is 0.733. The molecule has 1 atom stereocenters. The van der Waals surface area contributed by atoms with Crippen molar-refractivity contribution in [2.24, 2.45) is 4.99 Å². The summed E-state index contributed by atoms with van der Waals surface area (Å²) in [5, 5.41) is 7.28. The molecular formula is C17H29N5O4S2. The summed E-state index contributed by atoms with van der Waals surface area (Å²) in [7, 11) is -1.17. The van der Waals surface area contributed by atoms with Crippen LogP contribution in [0.2, 0.25) is 0 Å². The average Bonchev–Trinajstić information content (AvgIpc) is 3.04. The summed E-state index contributed by atoms with van der Waals surface area (Å²) in [5.41, 5.74) is 0.662. The van der Waals surface area contributed by atoms with Gasteiger partial charge in [-0.1, -0.05) is 0 Å². The number of ether oxygens (including phenoxy) is 1. The number of aromatic nitrogens is 1. The molecule has 28 heavy (non-hydrogen) atoms. The summed E-state index contributed by atoms with van der Waals surface area (Å²) >= 11 is 1.32. The standard InChI is InChI=1S/C17H29N5O4S2/c1-5-26-16(23)14-12(2)20-15(27-14)13(3)21-17(18-4)19-6-7-22-8-10-28(24,25)11-9-22/h13H,5-11H2,1-4H3,(H2,18,19,21). The number of nitrogens with one attached hydrogen (secondary N) is 2. The molecule has 0 bridgehead atoms. The first-order chi connectivity index (χ1) is 13.3. The topological polar surface area (TPSA) is 113 Å². The maximum atomic E-state index is 12.0. The van der Waals surface area contributed by atoms with Gasteiger partial charge in [-0.25, -0.2) is 18.2 Å². The van der Waals surface area contributed by atoms with Crippen LogP contribution in [-0.2, 0) is 14.6 Å². The number of guanidine groups is 1. The van der Waals surface area contributed by atoms with Crippen LogP contribution < -0.4 is 10.6 Å². The van der Waals surface area contributed by atoms with Crippen molar-refractivity contribution < 1.29 is 17.9 Å². The molecule has 1 saturated heterocycles. The number of esters is 1. The van der Waals surface area contributed by atoms with Gasteiger partial charge in [-0.2, -0.15) is 0 Å². The van der Waals surface area contributed by atoms with Gasteiger partial charge in [0.15, 0.2) is 15.8 Å². The van der Waals surface area contributed by atoms with Crippen LogP contribution in [0.1, 0.15) is 40.3 Å². The molecule has 0 radical (unpaired) electrons. The van der Waals surface area contributed by atoms with Crippen molar-refractivity contribution in [2.75, 3.05) is 51.3 Å². The first-order valence-electron chi connectivity index (χ1n) is 9.30. The van der Waals surface area contributed by atoms with Crippen LogP contribution in [0.3, 0.4) is 0 Å². The normalized spacial score (nSPS) is 18.5. The second-order valence-electron chi connectivity index (χ2n) is 6.55. The summed E-state index contributed by atoms with van der Waals surface area (Å²) < 4.78 is 28.0. The zero-order valence-corrected chi connectivity index (χ0v) is 18.5. The van der Waals surface area contributed by atoms with Gasteiger partial charge in [-0.05, 0) is 20.8 Å². The largest absolute Gasteiger partial charge is 0.462 e. The fraction of sp³-hybridized carbons (Fsp3) is 0.706. The monoisotopic (exact) mass is 431 g/mol. The molecule has 1 fully saturated rings. The second kappa shape index (κ2) is 10.2. The Morgan fingerprint density at radius 3 is 2.68 bits per heavy atom. The maximum Gasteiger partial charge on any atom is 0.350 e. The van der Waals surface area contributed by atoms with Crippen molar-refractivity contribution in [3.05, 3.63) is 15.6 Å². The number of nitrogens with zero attached hydrogens (tertiary/aromatic N) is 3. The molecule has 1 aliphatic heterocycles. The second-order valence-corrected chi connectivity index (χ2v) is 9.88. The Bertz CT molecular complexity index is 792. The van der Waals surface area contributed by atoms with E-state index in [1.165, 1.54) is 11.3 Å². The molecule has 0 aliphatic carbocycles. The molecule has 0 saturated carbocycles. The van der Waals surface area contributed by atoms with Gasteiger partial charge >= 0.3 is 5.97 Å². The molecule has 11 heteroatoms. The molecule has 0 amide bonds. The fourth-order valence-electron chi connectivity index (χ4n) is 2.76. The quantitative estimate of drug-likeness (QED) is 0.366. The summed E-state index contributed by atoms with van der Waals surface area (Å²) in [6.45, 7) is 8.39. The molecule has 1 aromatic rings. The van der Waals surface area contributed by atoms with Crippen LogP contribution >= 0.6 is 11.3 Å². The molecule has 1 aliphatic rings. The van der Waals surface area contributed by atoms with Crippen molar-refractivity contribution in [2.45, 2.75) is 26.8 Å². The highest BCUT2D eigenvalue weighted by Crippen LogP contribution is 2.24. The lowest BCUT2D eigenvalue weighted by molar-refractivity contribution is 0.0531. The van der Waals surface area contributed by atoms with E-state index in [2.05, 4.69) is 25.5 Å². The lowest BCUT2D eigenvalue weighted by atomic mass is 10.3. The number of thiazole rings is 1. The minimum absolute atomic E-state index is 0.127. The molecule has 2 rings (SSSR count). The maximum absolute atomic E-state index is 12.0. The third-order valence-corrected chi connectivity index (χ3v) is 7.31. The van der Waals surface area contributed by atoms with E-state index in [0.29, 0.717) is 42.8 Å². The highest BCUT2D eigenvalue weighted by Gasteiger charge is 2.22. The number of carbonyl (C=O) groups is 1. The van der Waals surface area contributed by atoms with Crippen molar-refractivity contribution in [3.63, 3.8) is 0 Å². The van der Waals surface area contributed by atoms with Crippen LogP contribution in [0, 0.1) is 6.92 Å². The van der Waals surface area contributed by atoms with Crippen molar-refractivity contribution in [1.82, 2.24) is 20.5 Å². The Kier molecular flexibility index (Phi) is 8.20. The van der Waals surface area contributed by atoms with E-state index in [0.717, 1.165) is 11.6 Å². The van der Waals surface area contributed by atoms with Gasteiger partial charge in [0.2, 0.25) is 0 Å². The molecular weight excluding hydrogens is 402 g/mol. The van der Waals surface area contributed by atoms with Crippen molar-refractivity contribution in [1.29, 1.82) is 0 Å². The highest BCUT2D eigenvalue weighted by atomic mass is 32.2. The number of aryl methyl sites for hydroxylation is 1. The molecule has 2 N–H and O–H groups in total. The van der Waals surface area contributed by atoms with Crippen LogP contribution in [0.4, 0.5) is 0 Å². The minimum atomic E-state index is -2.86. The minimum Gasteiger partial charge on any atom is -0.462 e. The SMILES string of the molecule is CCOC(=O)c1sc(C(C)NC(=NC)NCCN2CCS(=O)(=O)CC2)nc1C. The van der Waals surface area contributed by atoms with Crippen LogP contribution in [0.5, 0.6) is 0 Å². The molecule has 9 nitrogen and oxygen atoms in total. The van der Waals surface area contributed by atoms with Crippen LogP contribution in [-0.4, -0.2) is 81.6 Å². The smallest absolute Gasteiger partial charge is 0.350 e. The number of hydrogen-bond donors (Lipinski definition) is 2. The van der Waals surface area contributed by atoms with Gasteiger partial charge < -0.3 is 15.4 Å². The molecule has 1 aromatic heterocycles. The van der Waals surface area contributed by atoms with Gasteiger partial charge in [-0.3, -0.25) is 9.89 Å². The van der Waals surface area contributed by atoms with E-state index >= 15 is 0 Å². The van der Waals surface area contributed by atoms with Crippen LogP contribution in [0.25, 0.3) is 0 Å². The Morgan fingerprint density at radius 2 is 2.07 bits per heavy atom. The lowest BCUT2D eigenvalue weighted by Gasteiger charge is -2.26. The number of rotatable bonds is 7. The Balaban J connectivity index is 1.84. The molecule has 2 heterocycles. The van der Waals surface area contributed by atoms with Gasteiger partial charge in [-0.15, -0.1) is 11.3 Å². The van der Waals surface area contributed by atoms with Gasteiger partial charge in [0, 0.05) is 33.2 Å². The first-order valence-corrected chi connectivity index (χ1v) is 11.9. The van der Waals surface area contributed by atoms with E-state index < -0.39 is 9.84 Å². The predicted molar refractivity (Wildman–Crippen MR) is 111 cm³/mol. The van der Waals surface area contributed by atoms with Crippen molar-refractivity contribution >= 4 is 33.1 Å². The van der Waals surface area contributed by atoms with E-state index in [1.807, 2.05) is 6.92 Å². The first kappa shape index (κ1) is 22.6. The van der Waals surface area contributed by atoms with E-state index in [9.17, 15) is 13.2 Å². The number of hydrogen-bond acceptors (Lipinski definition) is 8. The van der Waals surface area contributed by atoms with Gasteiger partial charge in [0.25, 0.3) is 0 Å². The van der Waals surface area contributed by atoms with Crippen molar-refractivity contribution in [3.8, 4) is 0 Å². The summed E-state index contributed by atoms with van der Waals surface area (Å²) in [6, 6.07) is -0.127. The zero-order chi connectivity index (χ0) is 20.7. The molecule has 0 aromatic carbocycles. The molecule has 1 unspecified atom stereocenters. The van der Waals surface area contributed by atoms with E-state index in [4.69, 9.17) is 4.74 Å². The summed E-state index contributed by atoms with van der Waals surface area (Å²) in [6.07, 6.45) is 0. The average molecular weight is 432 g/mol. The van der Waals surface area contributed by atoms with Gasteiger partial charge in [0.05, 0.1) is 29.8 Å². The van der Waals surface area contributed by atoms with E-state index in [1.54, 1.807) is 20.9 Å². The molecule has 0 spiro atoms. The Labute approximate surface area is 170 Å². The Hall–Kier alpha value is -1.72. The zero-order valence-electron chi connectivity index (χ0n) is 16.8. The summed E-state index contributed by atoms with van der Waals surface area (Å²) in [4.78, 5) is 23.3. The third kappa shape index (κ3) is 6.42. The predicted octanol–water partition coefficient (Wildman–Crippen LogP) is 0.585. The van der Waals surface area contributed by atoms with E-state index in [-0.39, 0.29) is 23.5 Å². The Morgan fingerprint density at radius 1 is 1.39 bits per heavy atom. The molecule has 158 valence electrons. The number of sulfone groups is 1. The fourth-order valence-corrected chi connectivity index (χ4v) is 5.00. The third-order valence-electron chi connectivity index (χ3n) is 4.38. The van der Waals surface area contributed by atoms with Gasteiger partial charge in [0.1, 0.15) is 9.88 Å². The number of aliphatic imine (C=N–C) groups is 1. The van der Waals surface area contributed by atoms with Crippen LogP contribution in [0.15, 0.2) is 4.99 Å².